The monoisotopic (exact) mass is 499 g/mol. The standard InChI is InChI=1S/C27H38FN5O3/c1-5-7-11-17-32-21(30-24-23(32)25(35)31-26(36)33(24)16-8-6-2)14-15-22(34)29-18-27(3,4)19-12-9-10-13-20(19)28/h9-10,12-13H,5-8,11,14-18H2,1-4H3,(H,29,34)(H,31,35,36). The highest BCUT2D eigenvalue weighted by Gasteiger charge is 2.25. The zero-order valence-corrected chi connectivity index (χ0v) is 21.8. The minimum atomic E-state index is -0.572. The normalized spacial score (nSPS) is 11.8. The van der Waals surface area contributed by atoms with Crippen LogP contribution in [0.15, 0.2) is 33.9 Å². The smallest absolute Gasteiger partial charge is 0.330 e. The van der Waals surface area contributed by atoms with Gasteiger partial charge in [0.2, 0.25) is 5.91 Å². The maximum atomic E-state index is 14.2. The van der Waals surface area contributed by atoms with Crippen LogP contribution < -0.4 is 16.6 Å². The van der Waals surface area contributed by atoms with Crippen molar-refractivity contribution in [2.45, 2.75) is 91.1 Å². The van der Waals surface area contributed by atoms with E-state index in [4.69, 9.17) is 0 Å². The van der Waals surface area contributed by atoms with E-state index in [0.29, 0.717) is 42.1 Å². The van der Waals surface area contributed by atoms with E-state index < -0.39 is 16.7 Å². The summed E-state index contributed by atoms with van der Waals surface area (Å²) in [5, 5.41) is 2.92. The molecule has 196 valence electrons. The second-order valence-electron chi connectivity index (χ2n) is 9.96. The SMILES string of the molecule is CCCCCn1c(CCC(=O)NCC(C)(C)c2ccccc2F)nc2c1c(=O)[nH]c(=O)n2CCCC. The maximum Gasteiger partial charge on any atom is 0.330 e. The van der Waals surface area contributed by atoms with Gasteiger partial charge in [-0.15, -0.1) is 0 Å². The maximum absolute atomic E-state index is 14.2. The molecule has 0 aliphatic rings. The largest absolute Gasteiger partial charge is 0.355 e. The van der Waals surface area contributed by atoms with Crippen molar-refractivity contribution in [3.05, 3.63) is 62.3 Å². The number of nitrogens with one attached hydrogen (secondary N) is 2. The summed E-state index contributed by atoms with van der Waals surface area (Å²) < 4.78 is 17.6. The van der Waals surface area contributed by atoms with Gasteiger partial charge in [-0.1, -0.05) is 65.2 Å². The van der Waals surface area contributed by atoms with Crippen LogP contribution in [0.1, 0.15) is 77.6 Å². The van der Waals surface area contributed by atoms with Crippen molar-refractivity contribution in [1.29, 1.82) is 0 Å². The first kappa shape index (κ1) is 27.4. The Morgan fingerprint density at radius 2 is 1.75 bits per heavy atom. The molecule has 2 heterocycles. The fraction of sp³-hybridized carbons (Fsp3) is 0.556. The van der Waals surface area contributed by atoms with E-state index in [1.165, 1.54) is 10.6 Å². The van der Waals surface area contributed by atoms with Crippen LogP contribution in [0.3, 0.4) is 0 Å². The molecule has 0 fully saturated rings. The number of benzene rings is 1. The molecule has 1 amide bonds. The van der Waals surface area contributed by atoms with Crippen LogP contribution in [0, 0.1) is 5.82 Å². The number of unbranched alkanes of at least 4 members (excludes halogenated alkanes) is 3. The van der Waals surface area contributed by atoms with Gasteiger partial charge in [-0.2, -0.15) is 0 Å². The van der Waals surface area contributed by atoms with Gasteiger partial charge in [0.05, 0.1) is 0 Å². The van der Waals surface area contributed by atoms with Crippen molar-refractivity contribution in [3.8, 4) is 0 Å². The number of carbonyl (C=O) groups is 1. The quantitative estimate of drug-likeness (QED) is 0.347. The summed E-state index contributed by atoms with van der Waals surface area (Å²) in [4.78, 5) is 45.1. The number of nitrogens with zero attached hydrogens (tertiary/aromatic N) is 3. The molecule has 0 saturated heterocycles. The summed E-state index contributed by atoms with van der Waals surface area (Å²) in [7, 11) is 0. The minimum absolute atomic E-state index is 0.168. The summed E-state index contributed by atoms with van der Waals surface area (Å²) in [6.45, 7) is 9.28. The zero-order valence-electron chi connectivity index (χ0n) is 21.8. The van der Waals surface area contributed by atoms with E-state index in [2.05, 4.69) is 22.2 Å². The molecule has 2 N–H and O–H groups in total. The Morgan fingerprint density at radius 1 is 1.06 bits per heavy atom. The van der Waals surface area contributed by atoms with Gasteiger partial charge in [0, 0.05) is 37.9 Å². The van der Waals surface area contributed by atoms with Crippen LogP contribution in [-0.4, -0.2) is 31.6 Å². The first-order valence-corrected chi connectivity index (χ1v) is 12.9. The fourth-order valence-corrected chi connectivity index (χ4v) is 4.43. The number of rotatable bonds is 13. The van der Waals surface area contributed by atoms with Crippen LogP contribution in [-0.2, 0) is 29.7 Å². The molecule has 8 nitrogen and oxygen atoms in total. The summed E-state index contributed by atoms with van der Waals surface area (Å²) in [5.41, 5.74) is -0.167. The van der Waals surface area contributed by atoms with E-state index in [1.54, 1.807) is 18.2 Å². The number of hydrogen-bond donors (Lipinski definition) is 2. The lowest BCUT2D eigenvalue weighted by Gasteiger charge is -2.26. The molecule has 3 rings (SSSR count). The summed E-state index contributed by atoms with van der Waals surface area (Å²) in [6, 6.07) is 6.58. The molecule has 0 spiro atoms. The number of carbonyl (C=O) groups excluding carboxylic acids is 1. The van der Waals surface area contributed by atoms with Gasteiger partial charge in [-0.05, 0) is 24.5 Å². The minimum Gasteiger partial charge on any atom is -0.355 e. The molecule has 0 aliphatic carbocycles. The third-order valence-corrected chi connectivity index (χ3v) is 6.59. The highest BCUT2D eigenvalue weighted by molar-refractivity contribution is 5.76. The summed E-state index contributed by atoms with van der Waals surface area (Å²) in [6.07, 6.45) is 5.08. The second-order valence-corrected chi connectivity index (χ2v) is 9.96. The first-order chi connectivity index (χ1) is 17.2. The predicted octanol–water partition coefficient (Wildman–Crippen LogP) is 4.04. The van der Waals surface area contributed by atoms with Gasteiger partial charge in [0.1, 0.15) is 11.6 Å². The van der Waals surface area contributed by atoms with Crippen molar-refractivity contribution in [1.82, 2.24) is 24.4 Å². The molecular formula is C27H38FN5O3. The third-order valence-electron chi connectivity index (χ3n) is 6.59. The Hall–Kier alpha value is -3.23. The van der Waals surface area contributed by atoms with Crippen molar-refractivity contribution < 1.29 is 9.18 Å². The van der Waals surface area contributed by atoms with Gasteiger partial charge in [0.15, 0.2) is 11.2 Å². The molecule has 0 bridgehead atoms. The van der Waals surface area contributed by atoms with E-state index in [1.807, 2.05) is 25.3 Å². The lowest BCUT2D eigenvalue weighted by molar-refractivity contribution is -0.121. The molecule has 1 aromatic carbocycles. The molecule has 9 heteroatoms. The molecule has 3 aromatic rings. The molecule has 36 heavy (non-hydrogen) atoms. The number of amides is 1. The average Bonchev–Trinajstić information content (AvgIpc) is 3.20. The molecule has 0 atom stereocenters. The average molecular weight is 500 g/mol. The molecule has 0 radical (unpaired) electrons. The van der Waals surface area contributed by atoms with E-state index >= 15 is 0 Å². The molecule has 0 unspecified atom stereocenters. The molecule has 2 aromatic heterocycles. The number of hydrogen-bond acceptors (Lipinski definition) is 4. The Morgan fingerprint density at radius 3 is 2.44 bits per heavy atom. The summed E-state index contributed by atoms with van der Waals surface area (Å²) in [5.74, 6) is 0.145. The topological polar surface area (TPSA) is 102 Å². The van der Waals surface area contributed by atoms with Gasteiger partial charge in [-0.3, -0.25) is 19.1 Å². The van der Waals surface area contributed by atoms with Gasteiger partial charge in [-0.25, -0.2) is 14.2 Å². The lowest BCUT2D eigenvalue weighted by atomic mass is 9.84. The fourth-order valence-electron chi connectivity index (χ4n) is 4.43. The Bertz CT molecular complexity index is 1300. The van der Waals surface area contributed by atoms with Crippen molar-refractivity contribution >= 4 is 17.1 Å². The Kier molecular flexibility index (Phi) is 9.23. The van der Waals surface area contributed by atoms with Crippen LogP contribution >= 0.6 is 0 Å². The van der Waals surface area contributed by atoms with Crippen LogP contribution in [0.2, 0.25) is 0 Å². The van der Waals surface area contributed by atoms with Gasteiger partial charge >= 0.3 is 5.69 Å². The van der Waals surface area contributed by atoms with E-state index in [-0.39, 0.29) is 24.7 Å². The van der Waals surface area contributed by atoms with Crippen LogP contribution in [0.25, 0.3) is 11.2 Å². The number of imidazole rings is 1. The number of halogens is 1. The Labute approximate surface area is 210 Å². The van der Waals surface area contributed by atoms with Crippen molar-refractivity contribution in [2.24, 2.45) is 0 Å². The predicted molar refractivity (Wildman–Crippen MR) is 140 cm³/mol. The molecular weight excluding hydrogens is 461 g/mol. The van der Waals surface area contributed by atoms with Crippen LogP contribution in [0.4, 0.5) is 4.39 Å². The zero-order chi connectivity index (χ0) is 26.3. The van der Waals surface area contributed by atoms with E-state index in [9.17, 15) is 18.8 Å². The number of aromatic amines is 1. The summed E-state index contributed by atoms with van der Waals surface area (Å²) >= 11 is 0. The molecule has 0 saturated carbocycles. The molecule has 0 aliphatic heterocycles. The second kappa shape index (κ2) is 12.1. The van der Waals surface area contributed by atoms with Crippen LogP contribution in [0.5, 0.6) is 0 Å². The number of aryl methyl sites for hydroxylation is 3. The highest BCUT2D eigenvalue weighted by atomic mass is 19.1. The Balaban J connectivity index is 1.81. The van der Waals surface area contributed by atoms with Crippen molar-refractivity contribution in [3.63, 3.8) is 0 Å². The lowest BCUT2D eigenvalue weighted by Crippen LogP contribution is -2.37. The number of H-pyrrole nitrogens is 1. The van der Waals surface area contributed by atoms with Gasteiger partial charge < -0.3 is 9.88 Å². The highest BCUT2D eigenvalue weighted by Crippen LogP contribution is 2.25. The van der Waals surface area contributed by atoms with E-state index in [0.717, 1.165) is 32.1 Å². The third kappa shape index (κ3) is 6.30. The first-order valence-electron chi connectivity index (χ1n) is 12.9. The van der Waals surface area contributed by atoms with Crippen molar-refractivity contribution in [2.75, 3.05) is 6.54 Å². The number of fused-ring (bicyclic) bond motifs is 1. The van der Waals surface area contributed by atoms with Gasteiger partial charge in [0.25, 0.3) is 5.56 Å². The number of aromatic nitrogens is 4.